The minimum atomic E-state index is -0.0725. The maximum atomic E-state index is 12.1. The second kappa shape index (κ2) is 5.11. The van der Waals surface area contributed by atoms with Gasteiger partial charge in [-0.15, -0.1) is 0 Å². The average Bonchev–Trinajstić information content (AvgIpc) is 2.30. The zero-order valence-electron chi connectivity index (χ0n) is 9.99. The molecule has 3 atom stereocenters. The average molecular weight is 320 g/mol. The highest BCUT2D eigenvalue weighted by atomic mass is 79.9. The van der Waals surface area contributed by atoms with Crippen molar-refractivity contribution in [2.45, 2.75) is 39.2 Å². The third kappa shape index (κ3) is 2.58. The zero-order chi connectivity index (χ0) is 12.6. The largest absolute Gasteiger partial charge is 0.295 e. The Morgan fingerprint density at radius 1 is 1.41 bits per heavy atom. The van der Waals surface area contributed by atoms with Crippen LogP contribution in [0, 0.1) is 11.8 Å². The number of nitrogens with zero attached hydrogens (tertiary/aromatic N) is 2. The molecule has 1 aliphatic carbocycles. The summed E-state index contributed by atoms with van der Waals surface area (Å²) in [6, 6.07) is 0.259. The molecule has 0 radical (unpaired) electrons. The van der Waals surface area contributed by atoms with E-state index in [1.54, 1.807) is 10.9 Å². The van der Waals surface area contributed by atoms with Gasteiger partial charge in [0.25, 0.3) is 5.56 Å². The van der Waals surface area contributed by atoms with E-state index in [4.69, 9.17) is 11.6 Å². The summed E-state index contributed by atoms with van der Waals surface area (Å²) in [6.45, 7) is 4.53. The van der Waals surface area contributed by atoms with Gasteiger partial charge >= 0.3 is 0 Å². The summed E-state index contributed by atoms with van der Waals surface area (Å²) in [4.78, 5) is 16.1. The van der Waals surface area contributed by atoms with E-state index >= 15 is 0 Å². The van der Waals surface area contributed by atoms with Gasteiger partial charge in [0, 0.05) is 6.04 Å². The van der Waals surface area contributed by atoms with Gasteiger partial charge in [0.15, 0.2) is 5.15 Å². The molecule has 0 aliphatic heterocycles. The summed E-state index contributed by atoms with van der Waals surface area (Å²) >= 11 is 9.00. The third-order valence-electron chi connectivity index (χ3n) is 3.86. The first-order valence-electron chi connectivity index (χ1n) is 5.92. The first kappa shape index (κ1) is 13.1. The van der Waals surface area contributed by atoms with Crippen LogP contribution in [0.3, 0.4) is 0 Å². The maximum absolute atomic E-state index is 12.1. The van der Waals surface area contributed by atoms with Gasteiger partial charge in [-0.25, -0.2) is 4.98 Å². The molecule has 17 heavy (non-hydrogen) atoms. The normalized spacial score (nSPS) is 29.3. The van der Waals surface area contributed by atoms with Crippen LogP contribution >= 0.6 is 27.5 Å². The quantitative estimate of drug-likeness (QED) is 0.741. The van der Waals surface area contributed by atoms with Gasteiger partial charge in [0.05, 0.1) is 6.33 Å². The topological polar surface area (TPSA) is 34.9 Å². The van der Waals surface area contributed by atoms with Crippen molar-refractivity contribution in [1.82, 2.24) is 9.55 Å². The summed E-state index contributed by atoms with van der Waals surface area (Å²) in [6.07, 6.45) is 4.82. The standard InChI is InChI=1S/C12H16BrClN2O/c1-7-3-4-9(5-8(7)2)16-6-15-11(14)10(13)12(16)17/h6-9H,3-5H2,1-2H3. The van der Waals surface area contributed by atoms with Crippen LogP contribution in [0.1, 0.15) is 39.2 Å². The molecule has 0 amide bonds. The SMILES string of the molecule is CC1CCC(n2cnc(Cl)c(Br)c2=O)CC1C. The van der Waals surface area contributed by atoms with E-state index in [1.165, 1.54) is 6.42 Å². The molecule has 1 heterocycles. The molecule has 0 saturated heterocycles. The first-order chi connectivity index (χ1) is 8.00. The number of rotatable bonds is 1. The summed E-state index contributed by atoms with van der Waals surface area (Å²) < 4.78 is 2.09. The fourth-order valence-corrected chi connectivity index (χ4v) is 2.89. The van der Waals surface area contributed by atoms with Crippen LogP contribution in [0.15, 0.2) is 15.6 Å². The Hall–Kier alpha value is -0.350. The Labute approximate surface area is 114 Å². The molecular weight excluding hydrogens is 304 g/mol. The lowest BCUT2D eigenvalue weighted by Gasteiger charge is -2.32. The number of hydrogen-bond donors (Lipinski definition) is 0. The number of aromatic nitrogens is 2. The minimum Gasteiger partial charge on any atom is -0.295 e. The fourth-order valence-electron chi connectivity index (χ4n) is 2.46. The first-order valence-corrected chi connectivity index (χ1v) is 7.10. The van der Waals surface area contributed by atoms with E-state index in [1.807, 2.05) is 0 Å². The molecule has 1 aromatic heterocycles. The molecule has 3 unspecified atom stereocenters. The lowest BCUT2D eigenvalue weighted by atomic mass is 9.79. The molecular formula is C12H16BrClN2O. The summed E-state index contributed by atoms with van der Waals surface area (Å²) in [7, 11) is 0. The van der Waals surface area contributed by atoms with Crippen LogP contribution in [-0.4, -0.2) is 9.55 Å². The van der Waals surface area contributed by atoms with Crippen molar-refractivity contribution in [3.05, 3.63) is 26.3 Å². The molecule has 1 fully saturated rings. The molecule has 3 nitrogen and oxygen atoms in total. The summed E-state index contributed by atoms with van der Waals surface area (Å²) in [5, 5.41) is 0.239. The molecule has 1 aliphatic rings. The molecule has 0 N–H and O–H groups in total. The highest BCUT2D eigenvalue weighted by Gasteiger charge is 2.26. The second-order valence-electron chi connectivity index (χ2n) is 4.98. The predicted octanol–water partition coefficient (Wildman–Crippen LogP) is 3.66. The van der Waals surface area contributed by atoms with Crippen molar-refractivity contribution in [2.24, 2.45) is 11.8 Å². The van der Waals surface area contributed by atoms with Gasteiger partial charge in [-0.1, -0.05) is 25.4 Å². The van der Waals surface area contributed by atoms with Crippen molar-refractivity contribution in [3.63, 3.8) is 0 Å². The van der Waals surface area contributed by atoms with Gasteiger partial charge in [-0.2, -0.15) is 0 Å². The van der Waals surface area contributed by atoms with Crippen molar-refractivity contribution < 1.29 is 0 Å². The van der Waals surface area contributed by atoms with Crippen LogP contribution in [0.5, 0.6) is 0 Å². The Bertz CT molecular complexity index is 474. The van der Waals surface area contributed by atoms with E-state index < -0.39 is 0 Å². The zero-order valence-corrected chi connectivity index (χ0v) is 12.3. The third-order valence-corrected chi connectivity index (χ3v) is 5.09. The maximum Gasteiger partial charge on any atom is 0.269 e. The van der Waals surface area contributed by atoms with Crippen molar-refractivity contribution in [1.29, 1.82) is 0 Å². The van der Waals surface area contributed by atoms with E-state index in [9.17, 15) is 4.79 Å². The van der Waals surface area contributed by atoms with E-state index in [-0.39, 0.29) is 16.8 Å². The highest BCUT2D eigenvalue weighted by Crippen LogP contribution is 2.35. The fraction of sp³-hybridized carbons (Fsp3) is 0.667. The monoisotopic (exact) mass is 318 g/mol. The van der Waals surface area contributed by atoms with Gasteiger partial charge in [-0.05, 0) is 47.0 Å². The molecule has 1 aromatic rings. The van der Waals surface area contributed by atoms with Crippen LogP contribution in [0.4, 0.5) is 0 Å². The minimum absolute atomic E-state index is 0.0725. The molecule has 2 rings (SSSR count). The molecule has 0 aromatic carbocycles. The van der Waals surface area contributed by atoms with E-state index in [0.717, 1.165) is 18.8 Å². The second-order valence-corrected chi connectivity index (χ2v) is 6.13. The van der Waals surface area contributed by atoms with E-state index in [2.05, 4.69) is 34.8 Å². The van der Waals surface area contributed by atoms with Gasteiger partial charge < -0.3 is 0 Å². The molecule has 0 spiro atoms. The van der Waals surface area contributed by atoms with Crippen LogP contribution < -0.4 is 5.56 Å². The Kier molecular flexibility index (Phi) is 3.93. The van der Waals surface area contributed by atoms with Crippen LogP contribution in [0.2, 0.25) is 5.15 Å². The summed E-state index contributed by atoms with van der Waals surface area (Å²) in [5.41, 5.74) is -0.0725. The number of halogens is 2. The van der Waals surface area contributed by atoms with Crippen molar-refractivity contribution >= 4 is 27.5 Å². The van der Waals surface area contributed by atoms with Crippen molar-refractivity contribution in [3.8, 4) is 0 Å². The lowest BCUT2D eigenvalue weighted by Crippen LogP contribution is -2.31. The Morgan fingerprint density at radius 3 is 2.76 bits per heavy atom. The van der Waals surface area contributed by atoms with Crippen molar-refractivity contribution in [2.75, 3.05) is 0 Å². The Balaban J connectivity index is 2.30. The molecule has 1 saturated carbocycles. The van der Waals surface area contributed by atoms with Gasteiger partial charge in [0.2, 0.25) is 0 Å². The molecule has 94 valence electrons. The van der Waals surface area contributed by atoms with Crippen LogP contribution in [0.25, 0.3) is 0 Å². The summed E-state index contributed by atoms with van der Waals surface area (Å²) in [5.74, 6) is 1.39. The lowest BCUT2D eigenvalue weighted by molar-refractivity contribution is 0.206. The van der Waals surface area contributed by atoms with Gasteiger partial charge in [-0.3, -0.25) is 9.36 Å². The number of hydrogen-bond acceptors (Lipinski definition) is 2. The molecule has 5 heteroatoms. The smallest absolute Gasteiger partial charge is 0.269 e. The highest BCUT2D eigenvalue weighted by molar-refractivity contribution is 9.10. The Morgan fingerprint density at radius 2 is 2.12 bits per heavy atom. The predicted molar refractivity (Wildman–Crippen MR) is 72.4 cm³/mol. The van der Waals surface area contributed by atoms with E-state index in [0.29, 0.717) is 10.4 Å². The molecule has 0 bridgehead atoms. The van der Waals surface area contributed by atoms with Crippen LogP contribution in [-0.2, 0) is 0 Å². The van der Waals surface area contributed by atoms with Gasteiger partial charge in [0.1, 0.15) is 4.47 Å².